The lowest BCUT2D eigenvalue weighted by Crippen LogP contribution is -2.43. The molecule has 1 N–H and O–H groups in total. The first kappa shape index (κ1) is 25.1. The van der Waals surface area contributed by atoms with Gasteiger partial charge in [0.15, 0.2) is 0 Å². The van der Waals surface area contributed by atoms with E-state index in [4.69, 9.17) is 4.74 Å². The fourth-order valence-corrected chi connectivity index (χ4v) is 7.07. The van der Waals surface area contributed by atoms with E-state index >= 15 is 0 Å². The zero-order valence-corrected chi connectivity index (χ0v) is 20.8. The minimum Gasteiger partial charge on any atom is -0.450 e. The van der Waals surface area contributed by atoms with E-state index in [1.54, 1.807) is 11.8 Å². The van der Waals surface area contributed by atoms with Gasteiger partial charge in [0, 0.05) is 24.5 Å². The summed E-state index contributed by atoms with van der Waals surface area (Å²) in [6, 6.07) is 6.77. The summed E-state index contributed by atoms with van der Waals surface area (Å²) in [5, 5.41) is 13.0. The average molecular weight is 521 g/mol. The highest BCUT2D eigenvalue weighted by Crippen LogP contribution is 2.37. The molecule has 0 aliphatic carbocycles. The van der Waals surface area contributed by atoms with E-state index in [0.717, 1.165) is 22.6 Å². The number of rotatable bonds is 5. The van der Waals surface area contributed by atoms with Crippen molar-refractivity contribution < 1.29 is 27.1 Å². The molecule has 9 nitrogen and oxygen atoms in total. The molecule has 0 saturated carbocycles. The van der Waals surface area contributed by atoms with Gasteiger partial charge in [-0.1, -0.05) is 0 Å². The predicted octanol–water partition coefficient (Wildman–Crippen LogP) is 3.31. The normalized spacial score (nSPS) is 18.4. The van der Waals surface area contributed by atoms with Gasteiger partial charge in [0.25, 0.3) is 0 Å². The Labute approximate surface area is 207 Å². The van der Waals surface area contributed by atoms with Gasteiger partial charge in [-0.05, 0) is 56.0 Å². The maximum atomic E-state index is 13.2. The number of fused-ring (bicyclic) bond motifs is 1. The molecule has 1 fully saturated rings. The molecule has 1 saturated heterocycles. The van der Waals surface area contributed by atoms with Crippen LogP contribution < -0.4 is 5.32 Å². The second kappa shape index (κ2) is 10.3. The largest absolute Gasteiger partial charge is 0.450 e. The van der Waals surface area contributed by atoms with Gasteiger partial charge in [-0.3, -0.25) is 4.79 Å². The molecule has 186 valence electrons. The summed E-state index contributed by atoms with van der Waals surface area (Å²) in [4.78, 5) is 27.5. The summed E-state index contributed by atoms with van der Waals surface area (Å²) in [5.74, 6) is -1.49. The fourth-order valence-electron chi connectivity index (χ4n) is 4.32. The first-order valence-electron chi connectivity index (χ1n) is 11.3. The quantitative estimate of drug-likeness (QED) is 0.646. The molecule has 1 aromatic carbocycles. The number of nitrogens with zero attached hydrogens (tertiary/aromatic N) is 3. The molecule has 35 heavy (non-hydrogen) atoms. The molecule has 2 aliphatic heterocycles. The monoisotopic (exact) mass is 520 g/mol. The number of ether oxygens (including phenoxy) is 1. The molecule has 3 heterocycles. The maximum Gasteiger partial charge on any atom is 0.410 e. The summed E-state index contributed by atoms with van der Waals surface area (Å²) in [6.07, 6.45) is 1.07. The van der Waals surface area contributed by atoms with Gasteiger partial charge in [0.05, 0.1) is 29.5 Å². The van der Waals surface area contributed by atoms with E-state index in [2.05, 4.69) is 11.4 Å². The number of amides is 2. The highest BCUT2D eigenvalue weighted by atomic mass is 32.2. The van der Waals surface area contributed by atoms with Crippen LogP contribution in [0.2, 0.25) is 0 Å². The molecule has 0 radical (unpaired) electrons. The van der Waals surface area contributed by atoms with Crippen LogP contribution in [0.25, 0.3) is 0 Å². The maximum absolute atomic E-state index is 13.2. The molecule has 1 aromatic heterocycles. The zero-order valence-electron chi connectivity index (χ0n) is 19.1. The first-order chi connectivity index (χ1) is 16.7. The number of hydrogen-bond donors (Lipinski definition) is 1. The highest BCUT2D eigenvalue weighted by Gasteiger charge is 2.34. The second-order valence-corrected chi connectivity index (χ2v) is 11.4. The number of anilines is 1. The lowest BCUT2D eigenvalue weighted by Gasteiger charge is -2.31. The number of sulfonamides is 1. The molecule has 0 spiro atoms. The van der Waals surface area contributed by atoms with Gasteiger partial charge < -0.3 is 15.0 Å². The van der Waals surface area contributed by atoms with Crippen LogP contribution in [-0.4, -0.2) is 55.9 Å². The number of nitrogens with one attached hydrogen (secondary N) is 1. The molecule has 2 aliphatic rings. The summed E-state index contributed by atoms with van der Waals surface area (Å²) in [5.41, 5.74) is 1.20. The van der Waals surface area contributed by atoms with Crippen LogP contribution in [0.5, 0.6) is 0 Å². The van der Waals surface area contributed by atoms with Crippen LogP contribution in [-0.2, 0) is 32.5 Å². The topological polar surface area (TPSA) is 120 Å². The zero-order chi connectivity index (χ0) is 25.2. The molecular weight excluding hydrogens is 495 g/mol. The molecule has 4 rings (SSSR count). The third-order valence-electron chi connectivity index (χ3n) is 6.14. The second-order valence-electron chi connectivity index (χ2n) is 8.34. The molecule has 0 bridgehead atoms. The van der Waals surface area contributed by atoms with Crippen molar-refractivity contribution in [2.24, 2.45) is 5.92 Å². The van der Waals surface area contributed by atoms with Gasteiger partial charge in [-0.25, -0.2) is 17.6 Å². The van der Waals surface area contributed by atoms with E-state index in [1.807, 2.05) is 0 Å². The molecule has 12 heteroatoms. The number of nitriles is 1. The van der Waals surface area contributed by atoms with Crippen LogP contribution in [0.15, 0.2) is 29.2 Å². The van der Waals surface area contributed by atoms with Crippen LogP contribution in [0.1, 0.15) is 35.8 Å². The number of carbonyl (C=O) groups is 2. The fraction of sp³-hybridized carbons (Fsp3) is 0.435. The summed E-state index contributed by atoms with van der Waals surface area (Å²) >= 11 is 1.25. The Kier molecular flexibility index (Phi) is 7.39. The number of piperidine rings is 1. The van der Waals surface area contributed by atoms with Gasteiger partial charge in [-0.15, -0.1) is 11.3 Å². The third-order valence-corrected chi connectivity index (χ3v) is 9.15. The number of halogens is 1. The van der Waals surface area contributed by atoms with E-state index < -0.39 is 27.9 Å². The van der Waals surface area contributed by atoms with Gasteiger partial charge in [-0.2, -0.15) is 9.57 Å². The van der Waals surface area contributed by atoms with Crippen molar-refractivity contribution in [1.82, 2.24) is 9.21 Å². The number of hydrogen-bond acceptors (Lipinski definition) is 7. The lowest BCUT2D eigenvalue weighted by molar-refractivity contribution is -0.120. The van der Waals surface area contributed by atoms with E-state index in [0.29, 0.717) is 42.9 Å². The van der Waals surface area contributed by atoms with Crippen molar-refractivity contribution in [2.75, 3.05) is 31.6 Å². The molecule has 2 aromatic rings. The molecular formula is C23H25FN4O5S2. The van der Waals surface area contributed by atoms with Gasteiger partial charge in [0.2, 0.25) is 15.9 Å². The van der Waals surface area contributed by atoms with Gasteiger partial charge >= 0.3 is 6.09 Å². The van der Waals surface area contributed by atoms with Crippen LogP contribution in [0.3, 0.4) is 0 Å². The Hall–Kier alpha value is -3.01. The smallest absolute Gasteiger partial charge is 0.410 e. The Morgan fingerprint density at radius 1 is 1.29 bits per heavy atom. The SMILES string of the molecule is CCOC(=O)N1CCc2c(sc(NC(=O)C3CCCN(S(=O)(=O)c4ccc(F)cc4)C3)c2C#N)C1. The summed E-state index contributed by atoms with van der Waals surface area (Å²) in [6.45, 7) is 2.99. The Morgan fingerprint density at radius 2 is 2.03 bits per heavy atom. The number of carbonyl (C=O) groups excluding carboxylic acids is 2. The Bertz CT molecular complexity index is 1270. The van der Waals surface area contributed by atoms with Crippen molar-refractivity contribution >= 4 is 38.4 Å². The van der Waals surface area contributed by atoms with E-state index in [1.165, 1.54) is 27.8 Å². The highest BCUT2D eigenvalue weighted by molar-refractivity contribution is 7.89. The number of thiophene rings is 1. The molecule has 1 unspecified atom stereocenters. The Morgan fingerprint density at radius 3 is 2.71 bits per heavy atom. The molecule has 1 atom stereocenters. The standard InChI is InChI=1S/C23H25FN4O5S2/c1-2-33-23(30)27-11-9-18-19(12-25)22(34-20(18)14-27)26-21(29)15-4-3-10-28(13-15)35(31,32)17-7-5-16(24)6-8-17/h5-8,15H,2-4,9-11,13-14H2,1H3,(H,26,29). The van der Waals surface area contributed by atoms with Crippen molar-refractivity contribution in [3.8, 4) is 6.07 Å². The van der Waals surface area contributed by atoms with Crippen molar-refractivity contribution in [2.45, 2.75) is 37.6 Å². The van der Waals surface area contributed by atoms with E-state index in [9.17, 15) is 27.7 Å². The Balaban J connectivity index is 1.48. The van der Waals surface area contributed by atoms with E-state index in [-0.39, 0.29) is 30.5 Å². The van der Waals surface area contributed by atoms with Crippen LogP contribution >= 0.6 is 11.3 Å². The van der Waals surface area contributed by atoms with Gasteiger partial charge in [0.1, 0.15) is 16.9 Å². The summed E-state index contributed by atoms with van der Waals surface area (Å²) < 4.78 is 45.5. The third kappa shape index (κ3) is 5.17. The van der Waals surface area contributed by atoms with Crippen molar-refractivity contribution in [3.63, 3.8) is 0 Å². The first-order valence-corrected chi connectivity index (χ1v) is 13.5. The van der Waals surface area contributed by atoms with Crippen LogP contribution in [0.4, 0.5) is 14.2 Å². The summed E-state index contributed by atoms with van der Waals surface area (Å²) in [7, 11) is -3.86. The van der Waals surface area contributed by atoms with Crippen LogP contribution in [0, 0.1) is 23.1 Å². The lowest BCUT2D eigenvalue weighted by atomic mass is 9.98. The minimum atomic E-state index is -3.86. The predicted molar refractivity (Wildman–Crippen MR) is 127 cm³/mol. The number of benzene rings is 1. The van der Waals surface area contributed by atoms with Crippen molar-refractivity contribution in [1.29, 1.82) is 5.26 Å². The minimum absolute atomic E-state index is 0.00481. The average Bonchev–Trinajstić information content (AvgIpc) is 3.20. The molecule has 2 amide bonds. The van der Waals surface area contributed by atoms with Crippen molar-refractivity contribution in [3.05, 3.63) is 46.1 Å².